The molecule has 30 heavy (non-hydrogen) atoms. The van der Waals surface area contributed by atoms with Gasteiger partial charge in [-0.3, -0.25) is 14.6 Å². The number of carbonyl (C=O) groups excluding carboxylic acids is 2. The van der Waals surface area contributed by atoms with Gasteiger partial charge in [0.05, 0.1) is 37.6 Å². The molecule has 2 heterocycles. The molecule has 0 saturated carbocycles. The van der Waals surface area contributed by atoms with Gasteiger partial charge in [-0.1, -0.05) is 36.4 Å². The number of benzene rings is 1. The third kappa shape index (κ3) is 6.37. The summed E-state index contributed by atoms with van der Waals surface area (Å²) in [6.45, 7) is 1.73. The van der Waals surface area contributed by atoms with E-state index in [1.54, 1.807) is 18.3 Å². The van der Waals surface area contributed by atoms with Crippen LogP contribution in [-0.4, -0.2) is 46.8 Å². The Labute approximate surface area is 176 Å². The largest absolute Gasteiger partial charge is 0.394 e. The first kappa shape index (κ1) is 21.9. The minimum atomic E-state index is -0.532. The summed E-state index contributed by atoms with van der Waals surface area (Å²) in [5.74, 6) is -0.251. The van der Waals surface area contributed by atoms with Crippen molar-refractivity contribution in [2.24, 2.45) is 0 Å². The molecule has 1 aliphatic rings. The number of aliphatic hydroxyl groups is 1. The van der Waals surface area contributed by atoms with Crippen molar-refractivity contribution < 1.29 is 19.4 Å². The summed E-state index contributed by atoms with van der Waals surface area (Å²) in [7, 11) is 0. The lowest BCUT2D eigenvalue weighted by Crippen LogP contribution is -2.51. The second-order valence-corrected chi connectivity index (χ2v) is 7.63. The highest BCUT2D eigenvalue weighted by atomic mass is 16.5. The normalized spacial score (nSPS) is 22.1. The molecular weight excluding hydrogens is 382 g/mol. The van der Waals surface area contributed by atoms with Crippen LogP contribution in [0, 0.1) is 0 Å². The van der Waals surface area contributed by atoms with Crippen LogP contribution in [0.1, 0.15) is 43.5 Å². The Morgan fingerprint density at radius 1 is 1.13 bits per heavy atom. The van der Waals surface area contributed by atoms with E-state index in [1.165, 1.54) is 0 Å². The Kier molecular flexibility index (Phi) is 7.93. The van der Waals surface area contributed by atoms with Crippen molar-refractivity contribution in [1.29, 1.82) is 0 Å². The summed E-state index contributed by atoms with van der Waals surface area (Å²) < 4.78 is 5.92. The summed E-state index contributed by atoms with van der Waals surface area (Å²) in [6, 6.07) is 14.8. The van der Waals surface area contributed by atoms with Crippen molar-refractivity contribution in [1.82, 2.24) is 15.6 Å². The lowest BCUT2D eigenvalue weighted by Gasteiger charge is -2.36. The van der Waals surface area contributed by atoms with Crippen LogP contribution in [0.5, 0.6) is 0 Å². The summed E-state index contributed by atoms with van der Waals surface area (Å²) in [5.41, 5.74) is 1.73. The SMILES string of the molecule is C[C@H](NC(=O)C[C@H]1CC[C@@H](NC(=O)Cc2ccccn2)[C@@H](CO)O1)c1ccccc1. The van der Waals surface area contributed by atoms with E-state index in [-0.39, 0.29) is 49.5 Å². The average Bonchev–Trinajstić information content (AvgIpc) is 2.76. The van der Waals surface area contributed by atoms with E-state index in [2.05, 4.69) is 15.6 Å². The summed E-state index contributed by atoms with van der Waals surface area (Å²) >= 11 is 0. The Bertz CT molecular complexity index is 816. The fourth-order valence-electron chi connectivity index (χ4n) is 3.70. The Hall–Kier alpha value is -2.77. The van der Waals surface area contributed by atoms with E-state index in [0.717, 1.165) is 5.56 Å². The first-order chi connectivity index (χ1) is 14.5. The molecule has 7 nitrogen and oxygen atoms in total. The molecule has 3 rings (SSSR count). The quantitative estimate of drug-likeness (QED) is 0.616. The molecule has 1 aromatic carbocycles. The molecule has 1 saturated heterocycles. The molecular formula is C23H29N3O4. The molecule has 3 N–H and O–H groups in total. The lowest BCUT2D eigenvalue weighted by atomic mass is 9.96. The molecule has 1 aromatic heterocycles. The lowest BCUT2D eigenvalue weighted by molar-refractivity contribution is -0.136. The molecule has 0 unspecified atom stereocenters. The van der Waals surface area contributed by atoms with Gasteiger partial charge in [0.2, 0.25) is 11.8 Å². The first-order valence-corrected chi connectivity index (χ1v) is 10.3. The van der Waals surface area contributed by atoms with Crippen LogP contribution in [0.4, 0.5) is 0 Å². The number of nitrogens with zero attached hydrogens (tertiary/aromatic N) is 1. The van der Waals surface area contributed by atoms with Crippen molar-refractivity contribution in [3.8, 4) is 0 Å². The average molecular weight is 412 g/mol. The molecule has 0 radical (unpaired) electrons. The van der Waals surface area contributed by atoms with Gasteiger partial charge < -0.3 is 20.5 Å². The van der Waals surface area contributed by atoms with E-state index in [9.17, 15) is 14.7 Å². The highest BCUT2D eigenvalue weighted by Crippen LogP contribution is 2.22. The van der Waals surface area contributed by atoms with Gasteiger partial charge in [0.25, 0.3) is 0 Å². The van der Waals surface area contributed by atoms with E-state index >= 15 is 0 Å². The number of amides is 2. The van der Waals surface area contributed by atoms with E-state index in [4.69, 9.17) is 4.74 Å². The van der Waals surface area contributed by atoms with Crippen LogP contribution in [0.25, 0.3) is 0 Å². The van der Waals surface area contributed by atoms with Gasteiger partial charge in [-0.25, -0.2) is 0 Å². The Morgan fingerprint density at radius 2 is 1.90 bits per heavy atom. The first-order valence-electron chi connectivity index (χ1n) is 10.3. The van der Waals surface area contributed by atoms with Crippen LogP contribution in [0.3, 0.4) is 0 Å². The van der Waals surface area contributed by atoms with Crippen LogP contribution < -0.4 is 10.6 Å². The Balaban J connectivity index is 1.46. The second kappa shape index (κ2) is 10.8. The summed E-state index contributed by atoms with van der Waals surface area (Å²) in [4.78, 5) is 28.9. The number of aromatic nitrogens is 1. The smallest absolute Gasteiger partial charge is 0.226 e. The van der Waals surface area contributed by atoms with Crippen molar-refractivity contribution in [2.75, 3.05) is 6.61 Å². The fourth-order valence-corrected chi connectivity index (χ4v) is 3.70. The van der Waals surface area contributed by atoms with Gasteiger partial charge in [-0.05, 0) is 37.5 Å². The number of ether oxygens (including phenoxy) is 1. The number of hydrogen-bond acceptors (Lipinski definition) is 5. The maximum absolute atomic E-state index is 12.4. The predicted molar refractivity (Wildman–Crippen MR) is 112 cm³/mol. The highest BCUT2D eigenvalue weighted by Gasteiger charge is 2.33. The Morgan fingerprint density at radius 3 is 2.60 bits per heavy atom. The number of aliphatic hydroxyl groups excluding tert-OH is 1. The fraction of sp³-hybridized carbons (Fsp3) is 0.435. The van der Waals surface area contributed by atoms with Gasteiger partial charge in [-0.15, -0.1) is 0 Å². The molecule has 0 bridgehead atoms. The van der Waals surface area contributed by atoms with E-state index < -0.39 is 6.10 Å². The molecule has 0 spiro atoms. The molecule has 1 aliphatic heterocycles. The van der Waals surface area contributed by atoms with Gasteiger partial charge in [0.1, 0.15) is 6.10 Å². The number of hydrogen-bond donors (Lipinski definition) is 3. The predicted octanol–water partition coefficient (Wildman–Crippen LogP) is 1.92. The number of carbonyl (C=O) groups is 2. The minimum absolute atomic E-state index is 0.0884. The van der Waals surface area contributed by atoms with E-state index in [0.29, 0.717) is 18.5 Å². The highest BCUT2D eigenvalue weighted by molar-refractivity contribution is 5.78. The third-order valence-corrected chi connectivity index (χ3v) is 5.30. The number of rotatable bonds is 8. The molecule has 1 fully saturated rings. The monoisotopic (exact) mass is 411 g/mol. The van der Waals surface area contributed by atoms with Gasteiger partial charge in [-0.2, -0.15) is 0 Å². The van der Waals surface area contributed by atoms with Crippen LogP contribution in [0.2, 0.25) is 0 Å². The number of nitrogens with one attached hydrogen (secondary N) is 2. The zero-order chi connectivity index (χ0) is 21.3. The minimum Gasteiger partial charge on any atom is -0.394 e. The molecule has 7 heteroatoms. The van der Waals surface area contributed by atoms with Crippen molar-refractivity contribution in [3.63, 3.8) is 0 Å². The van der Waals surface area contributed by atoms with Crippen molar-refractivity contribution in [2.45, 2.75) is 56.9 Å². The van der Waals surface area contributed by atoms with Crippen LogP contribution in [-0.2, 0) is 20.7 Å². The maximum atomic E-state index is 12.4. The molecule has 2 aromatic rings. The summed E-state index contributed by atoms with van der Waals surface area (Å²) in [5, 5.41) is 15.6. The van der Waals surface area contributed by atoms with Crippen molar-refractivity contribution in [3.05, 3.63) is 66.0 Å². The zero-order valence-electron chi connectivity index (χ0n) is 17.2. The maximum Gasteiger partial charge on any atom is 0.226 e. The zero-order valence-corrected chi connectivity index (χ0v) is 17.2. The molecule has 2 amide bonds. The van der Waals surface area contributed by atoms with Gasteiger partial charge in [0, 0.05) is 11.9 Å². The van der Waals surface area contributed by atoms with Crippen LogP contribution >= 0.6 is 0 Å². The van der Waals surface area contributed by atoms with Crippen LogP contribution in [0.15, 0.2) is 54.7 Å². The van der Waals surface area contributed by atoms with E-state index in [1.807, 2.05) is 43.3 Å². The number of pyridine rings is 1. The molecule has 4 atom stereocenters. The topological polar surface area (TPSA) is 101 Å². The third-order valence-electron chi connectivity index (χ3n) is 5.30. The second-order valence-electron chi connectivity index (χ2n) is 7.63. The molecule has 0 aliphatic carbocycles. The summed E-state index contributed by atoms with van der Waals surface area (Å²) in [6.07, 6.45) is 2.52. The molecule has 160 valence electrons. The van der Waals surface area contributed by atoms with Crippen molar-refractivity contribution >= 4 is 11.8 Å². The van der Waals surface area contributed by atoms with Gasteiger partial charge >= 0.3 is 0 Å². The standard InChI is InChI=1S/C23H29N3O4/c1-16(17-7-3-2-4-8-17)25-23(29)14-19-10-11-20(21(15-27)30-19)26-22(28)13-18-9-5-6-12-24-18/h2-9,12,16,19-21,27H,10-11,13-15H2,1H3,(H,25,29)(H,26,28)/t16-,19+,20+,21+/m0/s1. The van der Waals surface area contributed by atoms with Gasteiger partial charge in [0.15, 0.2) is 0 Å².